The van der Waals surface area contributed by atoms with Crippen molar-refractivity contribution in [2.75, 3.05) is 0 Å². The number of carbonyl (C=O) groups excluding carboxylic acids is 1. The molecular formula is C13H16N2O. The Labute approximate surface area is 94.6 Å². The van der Waals surface area contributed by atoms with E-state index in [4.69, 9.17) is 5.73 Å². The summed E-state index contributed by atoms with van der Waals surface area (Å²) < 4.78 is 0. The Morgan fingerprint density at radius 2 is 2.19 bits per heavy atom. The summed E-state index contributed by atoms with van der Waals surface area (Å²) in [5.41, 5.74) is 8.08. The minimum absolute atomic E-state index is 0.0554. The molecule has 1 aromatic heterocycles. The van der Waals surface area contributed by atoms with Gasteiger partial charge in [0.15, 0.2) is 0 Å². The first-order valence-electron chi connectivity index (χ1n) is 5.49. The first-order valence-corrected chi connectivity index (χ1v) is 5.49. The highest BCUT2D eigenvalue weighted by molar-refractivity contribution is 5.83. The Morgan fingerprint density at radius 1 is 1.44 bits per heavy atom. The van der Waals surface area contributed by atoms with Crippen LogP contribution in [0.3, 0.4) is 0 Å². The predicted molar refractivity (Wildman–Crippen MR) is 65.3 cm³/mol. The fourth-order valence-corrected chi connectivity index (χ4v) is 1.85. The fourth-order valence-electron chi connectivity index (χ4n) is 1.85. The monoisotopic (exact) mass is 216 g/mol. The average molecular weight is 216 g/mol. The van der Waals surface area contributed by atoms with E-state index in [-0.39, 0.29) is 11.8 Å². The second-order valence-electron chi connectivity index (χ2n) is 4.12. The number of nitrogens with one attached hydrogen (secondary N) is 1. The zero-order chi connectivity index (χ0) is 11.5. The molecule has 0 fully saturated rings. The Morgan fingerprint density at radius 3 is 2.94 bits per heavy atom. The van der Waals surface area contributed by atoms with Gasteiger partial charge in [-0.05, 0) is 31.4 Å². The Kier molecular flexibility index (Phi) is 3.06. The molecule has 2 rings (SSSR count). The molecule has 0 amide bonds. The summed E-state index contributed by atoms with van der Waals surface area (Å²) in [5.74, 6) is 0.0554. The molecule has 0 saturated carbocycles. The molecule has 84 valence electrons. The van der Waals surface area contributed by atoms with Crippen LogP contribution in [0.5, 0.6) is 0 Å². The van der Waals surface area contributed by atoms with Gasteiger partial charge in [-0.1, -0.05) is 18.2 Å². The molecular weight excluding hydrogens is 200 g/mol. The number of aryl methyl sites for hydroxylation is 1. The molecule has 0 radical (unpaired) electrons. The second kappa shape index (κ2) is 4.49. The summed E-state index contributed by atoms with van der Waals surface area (Å²) in [6, 6.07) is 7.81. The number of benzene rings is 1. The van der Waals surface area contributed by atoms with E-state index in [0.29, 0.717) is 6.42 Å². The quantitative estimate of drug-likeness (QED) is 0.821. The molecule has 16 heavy (non-hydrogen) atoms. The first-order chi connectivity index (χ1) is 7.68. The largest absolute Gasteiger partial charge is 0.361 e. The molecule has 1 aromatic carbocycles. The summed E-state index contributed by atoms with van der Waals surface area (Å²) in [5, 5.41) is 1.22. The number of H-pyrrole nitrogens is 1. The van der Waals surface area contributed by atoms with Crippen LogP contribution in [0, 0.1) is 0 Å². The summed E-state index contributed by atoms with van der Waals surface area (Å²) in [6.07, 6.45) is 3.54. The van der Waals surface area contributed by atoms with Crippen LogP contribution in [-0.4, -0.2) is 16.8 Å². The highest BCUT2D eigenvalue weighted by Gasteiger charge is 2.09. The number of carbonyl (C=O) groups is 1. The van der Waals surface area contributed by atoms with Gasteiger partial charge in [0.05, 0.1) is 6.04 Å². The normalized spacial score (nSPS) is 12.9. The third-order valence-corrected chi connectivity index (χ3v) is 2.92. The molecule has 0 bridgehead atoms. The smallest absolute Gasteiger partial charge is 0.146 e. The maximum atomic E-state index is 11.0. The summed E-state index contributed by atoms with van der Waals surface area (Å²) >= 11 is 0. The van der Waals surface area contributed by atoms with Crippen molar-refractivity contribution in [3.63, 3.8) is 0 Å². The van der Waals surface area contributed by atoms with E-state index >= 15 is 0 Å². The van der Waals surface area contributed by atoms with E-state index in [1.807, 2.05) is 24.4 Å². The Balaban J connectivity index is 2.13. The van der Waals surface area contributed by atoms with E-state index in [9.17, 15) is 4.79 Å². The van der Waals surface area contributed by atoms with Crippen molar-refractivity contribution in [1.29, 1.82) is 0 Å². The van der Waals surface area contributed by atoms with Gasteiger partial charge in [-0.3, -0.25) is 4.79 Å². The van der Waals surface area contributed by atoms with Gasteiger partial charge in [0.2, 0.25) is 0 Å². The van der Waals surface area contributed by atoms with Gasteiger partial charge in [0.1, 0.15) is 5.78 Å². The lowest BCUT2D eigenvalue weighted by Gasteiger charge is -2.06. The number of para-hydroxylation sites is 1. The van der Waals surface area contributed by atoms with Crippen molar-refractivity contribution in [3.8, 4) is 0 Å². The lowest BCUT2D eigenvalue weighted by Crippen LogP contribution is -2.28. The molecule has 0 unspecified atom stereocenters. The van der Waals surface area contributed by atoms with Crippen molar-refractivity contribution in [2.45, 2.75) is 25.8 Å². The van der Waals surface area contributed by atoms with Gasteiger partial charge < -0.3 is 10.7 Å². The molecule has 0 spiro atoms. The number of hydrogen-bond acceptors (Lipinski definition) is 2. The second-order valence-corrected chi connectivity index (χ2v) is 4.12. The summed E-state index contributed by atoms with van der Waals surface area (Å²) in [7, 11) is 0. The number of aromatic nitrogens is 1. The topological polar surface area (TPSA) is 58.9 Å². The van der Waals surface area contributed by atoms with Gasteiger partial charge in [-0.25, -0.2) is 0 Å². The number of rotatable bonds is 4. The van der Waals surface area contributed by atoms with Crippen LogP contribution >= 0.6 is 0 Å². The maximum Gasteiger partial charge on any atom is 0.146 e. The van der Waals surface area contributed by atoms with Crippen LogP contribution in [0.25, 0.3) is 10.9 Å². The highest BCUT2D eigenvalue weighted by Crippen LogP contribution is 2.19. The molecule has 0 aliphatic rings. The van der Waals surface area contributed by atoms with E-state index in [1.165, 1.54) is 10.9 Å². The van der Waals surface area contributed by atoms with Crippen LogP contribution in [-0.2, 0) is 11.2 Å². The van der Waals surface area contributed by atoms with Crippen molar-refractivity contribution >= 4 is 16.7 Å². The van der Waals surface area contributed by atoms with Gasteiger partial charge >= 0.3 is 0 Å². The fraction of sp³-hybridized carbons (Fsp3) is 0.308. The van der Waals surface area contributed by atoms with E-state index in [0.717, 1.165) is 11.9 Å². The lowest BCUT2D eigenvalue weighted by atomic mass is 10.0. The van der Waals surface area contributed by atoms with Gasteiger partial charge in [-0.2, -0.15) is 0 Å². The molecule has 3 heteroatoms. The predicted octanol–water partition coefficient (Wildman–Crippen LogP) is 2.02. The van der Waals surface area contributed by atoms with Crippen LogP contribution < -0.4 is 5.73 Å². The van der Waals surface area contributed by atoms with E-state index in [1.54, 1.807) is 6.92 Å². The van der Waals surface area contributed by atoms with Crippen molar-refractivity contribution in [3.05, 3.63) is 36.0 Å². The molecule has 0 aliphatic heterocycles. The van der Waals surface area contributed by atoms with Crippen LogP contribution in [0.4, 0.5) is 0 Å². The van der Waals surface area contributed by atoms with Gasteiger partial charge in [0.25, 0.3) is 0 Å². The SMILES string of the molecule is CC(=O)[C@@H](N)CCc1c[nH]c2ccccc12. The number of Topliss-reactive ketones (excluding diaryl/α,β-unsaturated/α-hetero) is 1. The van der Waals surface area contributed by atoms with Crippen molar-refractivity contribution in [1.82, 2.24) is 4.98 Å². The molecule has 0 aliphatic carbocycles. The third kappa shape index (κ3) is 2.14. The van der Waals surface area contributed by atoms with Gasteiger partial charge in [0, 0.05) is 17.1 Å². The Bertz CT molecular complexity index is 501. The number of fused-ring (bicyclic) bond motifs is 1. The highest BCUT2D eigenvalue weighted by atomic mass is 16.1. The minimum Gasteiger partial charge on any atom is -0.361 e. The zero-order valence-corrected chi connectivity index (χ0v) is 9.36. The van der Waals surface area contributed by atoms with Crippen molar-refractivity contribution in [2.24, 2.45) is 5.73 Å². The van der Waals surface area contributed by atoms with E-state index < -0.39 is 0 Å². The molecule has 2 aromatic rings. The molecule has 3 nitrogen and oxygen atoms in total. The van der Waals surface area contributed by atoms with Crippen molar-refractivity contribution < 1.29 is 4.79 Å². The minimum atomic E-state index is -0.339. The standard InChI is InChI=1S/C13H16N2O/c1-9(16)12(14)7-6-10-8-15-13-5-3-2-4-11(10)13/h2-5,8,12,15H,6-7,14H2,1H3/t12-/m0/s1. The number of hydrogen-bond donors (Lipinski definition) is 2. The summed E-state index contributed by atoms with van der Waals surface area (Å²) in [4.78, 5) is 14.2. The third-order valence-electron chi connectivity index (χ3n) is 2.92. The van der Waals surface area contributed by atoms with Crippen LogP contribution in [0.2, 0.25) is 0 Å². The first kappa shape index (κ1) is 10.9. The summed E-state index contributed by atoms with van der Waals surface area (Å²) in [6.45, 7) is 1.54. The molecule has 3 N–H and O–H groups in total. The molecule has 0 saturated heterocycles. The maximum absolute atomic E-state index is 11.0. The number of ketones is 1. The molecule has 1 heterocycles. The van der Waals surface area contributed by atoms with Crippen LogP contribution in [0.1, 0.15) is 18.9 Å². The number of nitrogens with two attached hydrogens (primary N) is 1. The molecule has 1 atom stereocenters. The number of aromatic amines is 1. The lowest BCUT2D eigenvalue weighted by molar-refractivity contribution is -0.118. The average Bonchev–Trinajstić information content (AvgIpc) is 2.69. The zero-order valence-electron chi connectivity index (χ0n) is 9.36. The van der Waals surface area contributed by atoms with Crippen LogP contribution in [0.15, 0.2) is 30.5 Å². The Hall–Kier alpha value is -1.61. The van der Waals surface area contributed by atoms with E-state index in [2.05, 4.69) is 11.1 Å². The van der Waals surface area contributed by atoms with Gasteiger partial charge in [-0.15, -0.1) is 0 Å².